The van der Waals surface area contributed by atoms with Gasteiger partial charge in [-0.1, -0.05) is 30.3 Å². The Morgan fingerprint density at radius 1 is 1.19 bits per heavy atom. The Kier molecular flexibility index (Phi) is 6.10. The summed E-state index contributed by atoms with van der Waals surface area (Å²) >= 11 is 0. The smallest absolute Gasteiger partial charge is 0.337 e. The Morgan fingerprint density at radius 3 is 2.69 bits per heavy atom. The van der Waals surface area contributed by atoms with Crippen molar-refractivity contribution in [3.63, 3.8) is 0 Å². The van der Waals surface area contributed by atoms with Crippen molar-refractivity contribution in [2.45, 2.75) is 38.9 Å². The number of hydrogen-bond donors (Lipinski definition) is 2. The van der Waals surface area contributed by atoms with Crippen molar-refractivity contribution in [2.24, 2.45) is 4.99 Å². The van der Waals surface area contributed by atoms with E-state index in [1.54, 1.807) is 19.5 Å². The number of carbonyl (C=O) groups is 1. The van der Waals surface area contributed by atoms with Gasteiger partial charge in [0, 0.05) is 41.6 Å². The fourth-order valence-electron chi connectivity index (χ4n) is 4.87. The van der Waals surface area contributed by atoms with E-state index in [0.717, 1.165) is 56.1 Å². The van der Waals surface area contributed by atoms with E-state index in [2.05, 4.69) is 21.3 Å². The average molecular weight is 484 g/mol. The summed E-state index contributed by atoms with van der Waals surface area (Å²) in [7, 11) is 1.74. The summed E-state index contributed by atoms with van der Waals surface area (Å²) in [6.45, 7) is 6.18. The highest BCUT2D eigenvalue weighted by Crippen LogP contribution is 2.45. The number of allylic oxidation sites excluding steroid dienone is 1. The van der Waals surface area contributed by atoms with Gasteiger partial charge >= 0.3 is 5.97 Å². The van der Waals surface area contributed by atoms with Gasteiger partial charge in [0.1, 0.15) is 5.75 Å². The average Bonchev–Trinajstić information content (AvgIpc) is 3.34. The Balaban J connectivity index is 1.86. The normalized spacial score (nSPS) is 15.9. The number of carboxylic acid groups (broad SMARTS) is 1. The van der Waals surface area contributed by atoms with Gasteiger partial charge in [-0.25, -0.2) is 4.79 Å². The molecule has 0 aliphatic carbocycles. The van der Waals surface area contributed by atoms with Crippen molar-refractivity contribution in [3.8, 4) is 16.9 Å². The van der Waals surface area contributed by atoms with Gasteiger partial charge < -0.3 is 14.6 Å². The van der Waals surface area contributed by atoms with Gasteiger partial charge in [0.05, 0.1) is 23.9 Å². The summed E-state index contributed by atoms with van der Waals surface area (Å²) in [5.41, 5.74) is 4.49. The van der Waals surface area contributed by atoms with Crippen LogP contribution < -0.4 is 4.74 Å². The van der Waals surface area contributed by atoms with Crippen molar-refractivity contribution in [1.82, 2.24) is 10.2 Å². The van der Waals surface area contributed by atoms with Gasteiger partial charge in [0.15, 0.2) is 6.10 Å². The molecule has 1 aliphatic rings. The summed E-state index contributed by atoms with van der Waals surface area (Å²) in [6, 6.07) is 14.0. The molecular weight excluding hydrogens is 454 g/mol. The minimum absolute atomic E-state index is 0.581. The van der Waals surface area contributed by atoms with Gasteiger partial charge in [0.25, 0.3) is 0 Å². The van der Waals surface area contributed by atoms with Crippen LogP contribution in [0.4, 0.5) is 0 Å². The molecule has 0 saturated heterocycles. The Labute approximate surface area is 209 Å². The third kappa shape index (κ3) is 4.27. The molecule has 0 saturated carbocycles. The molecule has 1 aliphatic heterocycles. The predicted molar refractivity (Wildman–Crippen MR) is 143 cm³/mol. The van der Waals surface area contributed by atoms with Crippen molar-refractivity contribution < 1.29 is 19.4 Å². The SMILES string of the molecule is C/N=C\C=C1\CCOc2ccc(-c3c([C@H](OC(C)(C)C)C(=O)O)c4cn[nH]c4c4ccccc34)cc21. The van der Waals surface area contributed by atoms with Crippen LogP contribution in [-0.2, 0) is 9.53 Å². The highest BCUT2D eigenvalue weighted by molar-refractivity contribution is 6.15. The molecule has 7 nitrogen and oxygen atoms in total. The maximum Gasteiger partial charge on any atom is 0.337 e. The van der Waals surface area contributed by atoms with E-state index in [1.165, 1.54) is 0 Å². The molecule has 2 N–H and O–H groups in total. The molecule has 4 aromatic rings. The monoisotopic (exact) mass is 483 g/mol. The van der Waals surface area contributed by atoms with E-state index < -0.39 is 17.7 Å². The Hall–Kier alpha value is -3.97. The topological polar surface area (TPSA) is 96.8 Å². The zero-order valence-electron chi connectivity index (χ0n) is 20.8. The zero-order valence-corrected chi connectivity index (χ0v) is 20.8. The molecule has 0 unspecified atom stereocenters. The van der Waals surface area contributed by atoms with Crippen molar-refractivity contribution in [3.05, 3.63) is 65.9 Å². The molecule has 0 radical (unpaired) electrons. The summed E-state index contributed by atoms with van der Waals surface area (Å²) < 4.78 is 12.1. The second-order valence-electron chi connectivity index (χ2n) is 9.85. The lowest BCUT2D eigenvalue weighted by Crippen LogP contribution is -2.28. The summed E-state index contributed by atoms with van der Waals surface area (Å²) in [5, 5.41) is 20.3. The van der Waals surface area contributed by atoms with Gasteiger partial charge in [-0.05, 0) is 61.1 Å². The molecule has 0 amide bonds. The van der Waals surface area contributed by atoms with Crippen LogP contribution in [0.15, 0.2) is 59.7 Å². The largest absolute Gasteiger partial charge is 0.493 e. The van der Waals surface area contributed by atoms with Crippen molar-refractivity contribution in [2.75, 3.05) is 13.7 Å². The van der Waals surface area contributed by atoms with Crippen molar-refractivity contribution >= 4 is 39.4 Å². The molecule has 0 fully saturated rings. The van der Waals surface area contributed by atoms with E-state index in [-0.39, 0.29) is 0 Å². The highest BCUT2D eigenvalue weighted by Gasteiger charge is 2.33. The number of hydrogen-bond acceptors (Lipinski definition) is 5. The minimum atomic E-state index is -1.20. The third-order valence-electron chi connectivity index (χ3n) is 6.29. The standard InChI is InChI=1S/C29H29N3O4/c1-29(2,3)36-27(28(33)34)25-22-16-31-32-26(22)20-8-6-5-7-19(20)24(25)18-9-10-23-21(15-18)17(11-13-30-4)12-14-35-23/h5-11,13,15-16,27H,12,14H2,1-4H3,(H,31,32)(H,33,34)/b17-11-,30-13-/t27-/m0/s1. The first-order valence-electron chi connectivity index (χ1n) is 12.0. The maximum atomic E-state index is 12.7. The lowest BCUT2D eigenvalue weighted by atomic mass is 9.86. The van der Waals surface area contributed by atoms with Gasteiger partial charge in [-0.2, -0.15) is 5.10 Å². The predicted octanol–water partition coefficient (Wildman–Crippen LogP) is 6.19. The number of aliphatic imine (C=N–C) groups is 1. The molecule has 3 aromatic carbocycles. The molecule has 184 valence electrons. The second-order valence-corrected chi connectivity index (χ2v) is 9.85. The highest BCUT2D eigenvalue weighted by atomic mass is 16.5. The lowest BCUT2D eigenvalue weighted by molar-refractivity contribution is -0.160. The summed E-state index contributed by atoms with van der Waals surface area (Å²) in [4.78, 5) is 16.8. The molecule has 5 rings (SSSR count). The number of aromatic amines is 1. The number of carboxylic acids is 1. The number of fused-ring (bicyclic) bond motifs is 4. The van der Waals surface area contributed by atoms with Crippen LogP contribution in [-0.4, -0.2) is 46.7 Å². The zero-order chi connectivity index (χ0) is 25.4. The van der Waals surface area contributed by atoms with Crippen molar-refractivity contribution in [1.29, 1.82) is 0 Å². The second kappa shape index (κ2) is 9.24. The third-order valence-corrected chi connectivity index (χ3v) is 6.29. The number of H-pyrrole nitrogens is 1. The molecular formula is C29H29N3O4. The number of aliphatic carboxylic acids is 1. The van der Waals surface area contributed by atoms with E-state index in [0.29, 0.717) is 12.2 Å². The van der Waals surface area contributed by atoms with Crippen LogP contribution in [0.5, 0.6) is 5.75 Å². The summed E-state index contributed by atoms with van der Waals surface area (Å²) in [5.74, 6) is -0.248. The first-order chi connectivity index (χ1) is 17.3. The van der Waals surface area contributed by atoms with E-state index in [9.17, 15) is 9.90 Å². The minimum Gasteiger partial charge on any atom is -0.493 e. The number of rotatable bonds is 5. The van der Waals surface area contributed by atoms with Crippen LogP contribution in [0.3, 0.4) is 0 Å². The number of aromatic nitrogens is 2. The molecule has 2 heterocycles. The fraction of sp³-hybridized carbons (Fsp3) is 0.276. The van der Waals surface area contributed by atoms with E-state index >= 15 is 0 Å². The van der Waals surface area contributed by atoms with E-state index in [1.807, 2.05) is 63.2 Å². The molecule has 0 spiro atoms. The number of benzene rings is 3. The quantitative estimate of drug-likeness (QED) is 0.330. The maximum absolute atomic E-state index is 12.7. The number of nitrogens with one attached hydrogen (secondary N) is 1. The summed E-state index contributed by atoms with van der Waals surface area (Å²) in [6.07, 6.45) is 5.05. The Bertz CT molecular complexity index is 1530. The van der Waals surface area contributed by atoms with Gasteiger partial charge in [0.2, 0.25) is 0 Å². The molecule has 1 atom stereocenters. The van der Waals surface area contributed by atoms with Crippen LogP contribution in [0.2, 0.25) is 0 Å². The van der Waals surface area contributed by atoms with Crippen LogP contribution in [0.25, 0.3) is 38.4 Å². The molecule has 36 heavy (non-hydrogen) atoms. The number of nitrogens with zero attached hydrogens (tertiary/aromatic N) is 2. The van der Waals surface area contributed by atoms with Gasteiger partial charge in [-0.15, -0.1) is 0 Å². The van der Waals surface area contributed by atoms with Gasteiger partial charge in [-0.3, -0.25) is 10.1 Å². The lowest BCUT2D eigenvalue weighted by Gasteiger charge is -2.28. The molecule has 1 aromatic heterocycles. The van der Waals surface area contributed by atoms with Crippen LogP contribution in [0, 0.1) is 0 Å². The van der Waals surface area contributed by atoms with Crippen LogP contribution in [0.1, 0.15) is 44.4 Å². The first-order valence-corrected chi connectivity index (χ1v) is 12.0. The Morgan fingerprint density at radius 2 is 1.97 bits per heavy atom. The molecule has 7 heteroatoms. The fourth-order valence-corrected chi connectivity index (χ4v) is 4.87. The first kappa shape index (κ1) is 23.8. The number of ether oxygens (including phenoxy) is 2. The van der Waals surface area contributed by atoms with Crippen LogP contribution >= 0.6 is 0 Å². The van der Waals surface area contributed by atoms with E-state index in [4.69, 9.17) is 9.47 Å². The molecule has 0 bridgehead atoms.